The molecule has 0 saturated heterocycles. The van der Waals surface area contributed by atoms with Gasteiger partial charge in [0.2, 0.25) is 10.0 Å². The third-order valence-electron chi connectivity index (χ3n) is 2.78. The molecule has 0 heterocycles. The summed E-state index contributed by atoms with van der Waals surface area (Å²) in [4.78, 5) is 0.322. The first-order valence-electron chi connectivity index (χ1n) is 6.13. The minimum absolute atomic E-state index is 0.130. The summed E-state index contributed by atoms with van der Waals surface area (Å²) in [5, 5.41) is 3.09. The van der Waals surface area contributed by atoms with Crippen molar-refractivity contribution in [3.63, 3.8) is 0 Å². The first-order chi connectivity index (χ1) is 8.36. The number of rotatable bonds is 6. The van der Waals surface area contributed by atoms with Crippen LogP contribution in [0.4, 0.5) is 0 Å². The van der Waals surface area contributed by atoms with Crippen LogP contribution in [0.1, 0.15) is 32.4 Å². The standard InChI is InChI=1S/C13H22N2O2S/c1-10(2)9-15-18(16,17)13-7-5-6-12(8-13)11(3)14-4/h5-8,10-11,14-15H,9H2,1-4H3. The van der Waals surface area contributed by atoms with Crippen molar-refractivity contribution in [2.45, 2.75) is 31.7 Å². The molecule has 1 unspecified atom stereocenters. The molecule has 0 aliphatic heterocycles. The molecule has 0 aliphatic rings. The van der Waals surface area contributed by atoms with Crippen molar-refractivity contribution in [3.8, 4) is 0 Å². The van der Waals surface area contributed by atoms with E-state index in [0.717, 1.165) is 5.56 Å². The van der Waals surface area contributed by atoms with E-state index in [4.69, 9.17) is 0 Å². The maximum Gasteiger partial charge on any atom is 0.240 e. The Balaban J connectivity index is 2.95. The molecule has 1 aromatic rings. The van der Waals surface area contributed by atoms with E-state index in [1.165, 1.54) is 0 Å². The molecule has 5 heteroatoms. The molecule has 18 heavy (non-hydrogen) atoms. The van der Waals surface area contributed by atoms with Gasteiger partial charge in [-0.1, -0.05) is 26.0 Å². The van der Waals surface area contributed by atoms with Crippen molar-refractivity contribution in [1.29, 1.82) is 0 Å². The smallest absolute Gasteiger partial charge is 0.240 e. The highest BCUT2D eigenvalue weighted by Gasteiger charge is 2.15. The lowest BCUT2D eigenvalue weighted by molar-refractivity contribution is 0.559. The fraction of sp³-hybridized carbons (Fsp3) is 0.538. The van der Waals surface area contributed by atoms with E-state index in [1.54, 1.807) is 18.2 Å². The normalized spacial score (nSPS) is 13.8. The molecule has 0 fully saturated rings. The van der Waals surface area contributed by atoms with Crippen LogP contribution in [0.15, 0.2) is 29.2 Å². The molecule has 0 aliphatic carbocycles. The second-order valence-corrected chi connectivity index (χ2v) is 6.60. The van der Waals surface area contributed by atoms with E-state index in [-0.39, 0.29) is 6.04 Å². The van der Waals surface area contributed by atoms with Crippen LogP contribution in [-0.2, 0) is 10.0 Å². The van der Waals surface area contributed by atoms with Crippen molar-refractivity contribution in [2.24, 2.45) is 5.92 Å². The topological polar surface area (TPSA) is 58.2 Å². The molecular formula is C13H22N2O2S. The largest absolute Gasteiger partial charge is 0.313 e. The van der Waals surface area contributed by atoms with Gasteiger partial charge in [-0.3, -0.25) is 0 Å². The lowest BCUT2D eigenvalue weighted by atomic mass is 10.1. The summed E-state index contributed by atoms with van der Waals surface area (Å²) < 4.78 is 26.7. The zero-order chi connectivity index (χ0) is 13.8. The molecule has 102 valence electrons. The van der Waals surface area contributed by atoms with Gasteiger partial charge in [-0.05, 0) is 37.6 Å². The zero-order valence-electron chi connectivity index (χ0n) is 11.4. The first-order valence-corrected chi connectivity index (χ1v) is 7.62. The number of benzene rings is 1. The molecule has 0 saturated carbocycles. The van der Waals surface area contributed by atoms with Crippen LogP contribution < -0.4 is 10.0 Å². The maximum absolute atomic E-state index is 12.1. The summed E-state index contributed by atoms with van der Waals surface area (Å²) in [7, 11) is -1.55. The third-order valence-corrected chi connectivity index (χ3v) is 4.20. The number of nitrogens with one attached hydrogen (secondary N) is 2. The van der Waals surface area contributed by atoms with Crippen LogP contribution in [-0.4, -0.2) is 22.0 Å². The minimum atomic E-state index is -3.40. The first kappa shape index (κ1) is 15.1. The minimum Gasteiger partial charge on any atom is -0.313 e. The Morgan fingerprint density at radius 1 is 1.22 bits per heavy atom. The van der Waals surface area contributed by atoms with Crippen molar-refractivity contribution < 1.29 is 8.42 Å². The summed E-state index contributed by atoms with van der Waals surface area (Å²) in [5.74, 6) is 0.291. The van der Waals surface area contributed by atoms with E-state index in [9.17, 15) is 8.42 Å². The monoisotopic (exact) mass is 270 g/mol. The average molecular weight is 270 g/mol. The van der Waals surface area contributed by atoms with Crippen LogP contribution in [0.3, 0.4) is 0 Å². The molecule has 0 aromatic heterocycles. The van der Waals surface area contributed by atoms with Gasteiger partial charge in [0.25, 0.3) is 0 Å². The molecular weight excluding hydrogens is 248 g/mol. The summed E-state index contributed by atoms with van der Waals surface area (Å²) in [6.07, 6.45) is 0. The Bertz CT molecular complexity index is 484. The molecule has 1 atom stereocenters. The number of hydrogen-bond donors (Lipinski definition) is 2. The van der Waals surface area contributed by atoms with Gasteiger partial charge in [0.1, 0.15) is 0 Å². The predicted octanol–water partition coefficient (Wildman–Crippen LogP) is 1.90. The summed E-state index contributed by atoms with van der Waals surface area (Å²) >= 11 is 0. The van der Waals surface area contributed by atoms with E-state index in [0.29, 0.717) is 17.4 Å². The Morgan fingerprint density at radius 3 is 2.44 bits per heavy atom. The molecule has 0 spiro atoms. The quantitative estimate of drug-likeness (QED) is 0.830. The van der Waals surface area contributed by atoms with E-state index >= 15 is 0 Å². The van der Waals surface area contributed by atoms with Gasteiger partial charge in [-0.25, -0.2) is 13.1 Å². The molecule has 1 rings (SSSR count). The van der Waals surface area contributed by atoms with E-state index in [2.05, 4.69) is 10.0 Å². The van der Waals surface area contributed by atoms with Crippen LogP contribution in [0, 0.1) is 5.92 Å². The molecule has 1 aromatic carbocycles. The Hall–Kier alpha value is -0.910. The molecule has 4 nitrogen and oxygen atoms in total. The van der Waals surface area contributed by atoms with Crippen molar-refractivity contribution in [2.75, 3.05) is 13.6 Å². The Labute approximate surface area is 110 Å². The van der Waals surface area contributed by atoms with E-state index in [1.807, 2.05) is 33.9 Å². The lowest BCUT2D eigenvalue weighted by Crippen LogP contribution is -2.27. The number of hydrogen-bond acceptors (Lipinski definition) is 3. The average Bonchev–Trinajstić information content (AvgIpc) is 2.35. The van der Waals surface area contributed by atoms with Gasteiger partial charge < -0.3 is 5.32 Å². The van der Waals surface area contributed by atoms with Crippen LogP contribution in [0.25, 0.3) is 0 Å². The summed E-state index contributed by atoms with van der Waals surface area (Å²) in [5.41, 5.74) is 0.963. The van der Waals surface area contributed by atoms with Crippen LogP contribution >= 0.6 is 0 Å². The van der Waals surface area contributed by atoms with Gasteiger partial charge in [0.15, 0.2) is 0 Å². The Kier molecular flexibility index (Phi) is 5.31. The van der Waals surface area contributed by atoms with Gasteiger partial charge >= 0.3 is 0 Å². The maximum atomic E-state index is 12.1. The second kappa shape index (κ2) is 6.31. The zero-order valence-corrected chi connectivity index (χ0v) is 12.2. The highest BCUT2D eigenvalue weighted by Crippen LogP contribution is 2.17. The lowest BCUT2D eigenvalue weighted by Gasteiger charge is -2.13. The van der Waals surface area contributed by atoms with Crippen molar-refractivity contribution >= 4 is 10.0 Å². The molecule has 2 N–H and O–H groups in total. The molecule has 0 bridgehead atoms. The third kappa shape index (κ3) is 4.08. The predicted molar refractivity (Wildman–Crippen MR) is 73.9 cm³/mol. The van der Waals surface area contributed by atoms with Gasteiger partial charge in [-0.15, -0.1) is 0 Å². The Morgan fingerprint density at radius 2 is 1.89 bits per heavy atom. The fourth-order valence-electron chi connectivity index (χ4n) is 1.48. The fourth-order valence-corrected chi connectivity index (χ4v) is 2.75. The van der Waals surface area contributed by atoms with Gasteiger partial charge in [0, 0.05) is 12.6 Å². The highest BCUT2D eigenvalue weighted by atomic mass is 32.2. The summed E-state index contributed by atoms with van der Waals surface area (Å²) in [6, 6.07) is 7.15. The van der Waals surface area contributed by atoms with Crippen LogP contribution in [0.2, 0.25) is 0 Å². The van der Waals surface area contributed by atoms with Crippen LogP contribution in [0.5, 0.6) is 0 Å². The van der Waals surface area contributed by atoms with Gasteiger partial charge in [-0.2, -0.15) is 0 Å². The van der Waals surface area contributed by atoms with Gasteiger partial charge in [0.05, 0.1) is 4.90 Å². The SMILES string of the molecule is CNC(C)c1cccc(S(=O)(=O)NCC(C)C)c1. The molecule has 0 amide bonds. The summed E-state index contributed by atoms with van der Waals surface area (Å²) in [6.45, 7) is 6.39. The second-order valence-electron chi connectivity index (χ2n) is 4.83. The van der Waals surface area contributed by atoms with E-state index < -0.39 is 10.0 Å². The highest BCUT2D eigenvalue weighted by molar-refractivity contribution is 7.89. The molecule has 0 radical (unpaired) electrons. The van der Waals surface area contributed by atoms with Crippen molar-refractivity contribution in [1.82, 2.24) is 10.0 Å². The number of sulfonamides is 1. The van der Waals surface area contributed by atoms with Crippen molar-refractivity contribution in [3.05, 3.63) is 29.8 Å².